The summed E-state index contributed by atoms with van der Waals surface area (Å²) in [7, 11) is 0. The van der Waals surface area contributed by atoms with E-state index in [4.69, 9.17) is 0 Å². The Labute approximate surface area is 121 Å². The number of hydrogen-bond acceptors (Lipinski definition) is 2. The van der Waals surface area contributed by atoms with Gasteiger partial charge in [0.15, 0.2) is 5.41 Å². The van der Waals surface area contributed by atoms with Crippen molar-refractivity contribution < 1.29 is 18.0 Å². The molecule has 112 valence electrons. The molecule has 6 heteroatoms. The van der Waals surface area contributed by atoms with Crippen molar-refractivity contribution in [3.8, 4) is 6.07 Å². The Morgan fingerprint density at radius 2 is 1.90 bits per heavy atom. The molecule has 0 spiro atoms. The lowest BCUT2D eigenvalue weighted by atomic mass is 9.83. The summed E-state index contributed by atoms with van der Waals surface area (Å²) in [5, 5.41) is 9.43. The maximum absolute atomic E-state index is 12.8. The van der Waals surface area contributed by atoms with Crippen molar-refractivity contribution in [2.75, 3.05) is 6.54 Å². The molecule has 1 saturated heterocycles. The summed E-state index contributed by atoms with van der Waals surface area (Å²) in [6.45, 7) is 5.62. The number of alkyl halides is 3. The third kappa shape index (κ3) is 2.37. The molecule has 1 amide bonds. The van der Waals surface area contributed by atoms with E-state index < -0.39 is 28.6 Å². The van der Waals surface area contributed by atoms with Crippen LogP contribution >= 0.6 is 0 Å². The van der Waals surface area contributed by atoms with Gasteiger partial charge in [0.2, 0.25) is 0 Å². The summed E-state index contributed by atoms with van der Waals surface area (Å²) in [4.78, 5) is 14.1. The van der Waals surface area contributed by atoms with E-state index in [9.17, 15) is 23.2 Å². The van der Waals surface area contributed by atoms with Gasteiger partial charge in [-0.15, -0.1) is 0 Å². The average Bonchev–Trinajstić information content (AvgIpc) is 2.52. The zero-order chi connectivity index (χ0) is 16.1. The van der Waals surface area contributed by atoms with Crippen LogP contribution < -0.4 is 0 Å². The molecule has 0 N–H and O–H groups in total. The van der Waals surface area contributed by atoms with E-state index in [0.717, 1.165) is 18.2 Å². The lowest BCUT2D eigenvalue weighted by Crippen LogP contribution is -2.44. The smallest absolute Gasteiger partial charge is 0.332 e. The number of nitriles is 1. The molecule has 0 aromatic heterocycles. The number of carbonyl (C=O) groups is 1. The van der Waals surface area contributed by atoms with E-state index in [1.807, 2.05) is 26.8 Å². The van der Waals surface area contributed by atoms with Crippen LogP contribution in [0.4, 0.5) is 13.2 Å². The lowest BCUT2D eigenvalue weighted by molar-refractivity contribution is -0.135. The molecule has 0 saturated carbocycles. The van der Waals surface area contributed by atoms with Gasteiger partial charge in [-0.05, 0) is 32.4 Å². The first-order valence-corrected chi connectivity index (χ1v) is 6.43. The second-order valence-corrected chi connectivity index (χ2v) is 6.13. The van der Waals surface area contributed by atoms with Crippen LogP contribution in [0.25, 0.3) is 0 Å². The van der Waals surface area contributed by atoms with Gasteiger partial charge < -0.3 is 4.90 Å². The third-order valence-electron chi connectivity index (χ3n) is 3.71. The summed E-state index contributed by atoms with van der Waals surface area (Å²) >= 11 is 0. The van der Waals surface area contributed by atoms with Crippen LogP contribution in [0.5, 0.6) is 0 Å². The molecular weight excluding hydrogens is 281 g/mol. The normalized spacial score (nSPS) is 26.0. The maximum Gasteiger partial charge on any atom is 0.416 e. The van der Waals surface area contributed by atoms with Crippen LogP contribution in [0.1, 0.15) is 20.8 Å². The Kier molecular flexibility index (Phi) is 3.28. The van der Waals surface area contributed by atoms with Gasteiger partial charge in [0, 0.05) is 12.1 Å². The molecule has 21 heavy (non-hydrogen) atoms. The first-order valence-electron chi connectivity index (χ1n) is 6.43. The Bertz CT molecular complexity index is 614. The van der Waals surface area contributed by atoms with Gasteiger partial charge in [0.25, 0.3) is 5.91 Å². The fourth-order valence-corrected chi connectivity index (χ4v) is 2.43. The van der Waals surface area contributed by atoms with Gasteiger partial charge in [0.1, 0.15) is 0 Å². The minimum absolute atomic E-state index is 0.155. The number of nitrogens with zero attached hydrogens (tertiary/aromatic N) is 2. The molecule has 0 bridgehead atoms. The van der Waals surface area contributed by atoms with E-state index in [1.165, 1.54) is 11.0 Å². The van der Waals surface area contributed by atoms with Gasteiger partial charge in [-0.3, -0.25) is 4.79 Å². The van der Waals surface area contributed by atoms with Crippen molar-refractivity contribution in [3.63, 3.8) is 0 Å². The van der Waals surface area contributed by atoms with Crippen molar-refractivity contribution >= 4 is 5.91 Å². The summed E-state index contributed by atoms with van der Waals surface area (Å²) < 4.78 is 38.3. The van der Waals surface area contributed by atoms with Crippen LogP contribution in [0.15, 0.2) is 35.5 Å². The fraction of sp³-hybridized carbons (Fsp3) is 0.467. The average molecular weight is 296 g/mol. The predicted molar refractivity (Wildman–Crippen MR) is 70.9 cm³/mol. The number of amides is 1. The van der Waals surface area contributed by atoms with Gasteiger partial charge in [-0.2, -0.15) is 18.4 Å². The highest BCUT2D eigenvalue weighted by Gasteiger charge is 2.52. The van der Waals surface area contributed by atoms with Crippen LogP contribution in [-0.4, -0.2) is 29.1 Å². The molecule has 3 nitrogen and oxygen atoms in total. The quantitative estimate of drug-likeness (QED) is 0.689. The van der Waals surface area contributed by atoms with Gasteiger partial charge in [-0.1, -0.05) is 18.2 Å². The highest BCUT2D eigenvalue weighted by molar-refractivity contribution is 5.95. The number of allylic oxidation sites excluding steroid dienone is 4. The largest absolute Gasteiger partial charge is 0.416 e. The predicted octanol–water partition coefficient (Wildman–Crippen LogP) is 3.12. The molecular formula is C15H15F3N2O. The van der Waals surface area contributed by atoms with Gasteiger partial charge in [0.05, 0.1) is 11.6 Å². The first kappa shape index (κ1) is 15.4. The highest BCUT2D eigenvalue weighted by Crippen LogP contribution is 2.43. The SMILES string of the molecule is CC(C)(C)N1CC2=CC=C(C(F)(F)F)C=CC2(C#N)C1=O. The molecule has 1 atom stereocenters. The highest BCUT2D eigenvalue weighted by atomic mass is 19.4. The van der Waals surface area contributed by atoms with E-state index in [-0.39, 0.29) is 6.54 Å². The Balaban J connectivity index is 2.54. The molecule has 0 aromatic carbocycles. The van der Waals surface area contributed by atoms with E-state index in [1.54, 1.807) is 0 Å². The summed E-state index contributed by atoms with van der Waals surface area (Å²) in [5.41, 5.74) is -2.62. The minimum atomic E-state index is -4.50. The topological polar surface area (TPSA) is 44.1 Å². The number of fused-ring (bicyclic) bond motifs is 1. The maximum atomic E-state index is 12.8. The monoisotopic (exact) mass is 296 g/mol. The fourth-order valence-electron chi connectivity index (χ4n) is 2.43. The summed E-state index contributed by atoms with van der Waals surface area (Å²) in [6.07, 6.45) is -0.453. The third-order valence-corrected chi connectivity index (χ3v) is 3.71. The molecule has 0 aromatic rings. The molecule has 2 rings (SSSR count). The summed E-state index contributed by atoms with van der Waals surface area (Å²) in [5.74, 6) is -0.475. The number of hydrogen-bond donors (Lipinski definition) is 0. The standard InChI is InChI=1S/C15H15F3N2O/c1-13(2,3)20-8-11-5-4-10(15(16,17)18)6-7-14(11,9-19)12(20)21/h4-7H,8H2,1-3H3. The van der Waals surface area contributed by atoms with Crippen molar-refractivity contribution in [2.24, 2.45) is 5.41 Å². The first-order chi connectivity index (χ1) is 9.52. The second kappa shape index (κ2) is 4.48. The van der Waals surface area contributed by atoms with Crippen molar-refractivity contribution in [2.45, 2.75) is 32.5 Å². The van der Waals surface area contributed by atoms with E-state index >= 15 is 0 Å². The van der Waals surface area contributed by atoms with Gasteiger partial charge >= 0.3 is 6.18 Å². The Morgan fingerprint density at radius 3 is 2.38 bits per heavy atom. The zero-order valence-corrected chi connectivity index (χ0v) is 12.0. The van der Waals surface area contributed by atoms with Crippen LogP contribution in [-0.2, 0) is 4.79 Å². The van der Waals surface area contributed by atoms with E-state index in [2.05, 4.69) is 0 Å². The van der Waals surface area contributed by atoms with Crippen molar-refractivity contribution in [1.29, 1.82) is 5.26 Å². The van der Waals surface area contributed by atoms with Crippen LogP contribution in [0.3, 0.4) is 0 Å². The molecule has 1 heterocycles. The number of carbonyl (C=O) groups excluding carboxylic acids is 1. The number of likely N-dealkylation sites (tertiary alicyclic amines) is 1. The summed E-state index contributed by atoms with van der Waals surface area (Å²) in [6, 6.07) is 1.90. The Hall–Kier alpha value is -2.03. The van der Waals surface area contributed by atoms with Crippen molar-refractivity contribution in [3.05, 3.63) is 35.5 Å². The Morgan fingerprint density at radius 1 is 1.29 bits per heavy atom. The lowest BCUT2D eigenvalue weighted by Gasteiger charge is -2.32. The molecule has 1 unspecified atom stereocenters. The molecule has 1 aliphatic heterocycles. The van der Waals surface area contributed by atoms with E-state index in [0.29, 0.717) is 5.57 Å². The molecule has 2 aliphatic rings. The minimum Gasteiger partial charge on any atom is -0.332 e. The molecule has 1 fully saturated rings. The van der Waals surface area contributed by atoms with Crippen molar-refractivity contribution in [1.82, 2.24) is 4.90 Å². The van der Waals surface area contributed by atoms with Crippen LogP contribution in [0.2, 0.25) is 0 Å². The van der Waals surface area contributed by atoms with Gasteiger partial charge in [-0.25, -0.2) is 0 Å². The number of halogens is 3. The van der Waals surface area contributed by atoms with Crippen LogP contribution in [0, 0.1) is 16.7 Å². The number of rotatable bonds is 0. The molecule has 0 radical (unpaired) electrons. The molecule has 1 aliphatic carbocycles. The zero-order valence-electron chi connectivity index (χ0n) is 12.0. The second-order valence-electron chi connectivity index (χ2n) is 6.13.